The lowest BCUT2D eigenvalue weighted by Crippen LogP contribution is -2.41. The summed E-state index contributed by atoms with van der Waals surface area (Å²) in [6, 6.07) is 8.85. The lowest BCUT2D eigenvalue weighted by Gasteiger charge is -2.35. The number of carbonyl (C=O) groups is 2. The first kappa shape index (κ1) is 16.5. The second-order valence-corrected chi connectivity index (χ2v) is 6.67. The summed E-state index contributed by atoms with van der Waals surface area (Å²) in [5.41, 5.74) is 2.39. The summed E-state index contributed by atoms with van der Waals surface area (Å²) in [7, 11) is 1.35. The molecule has 0 bridgehead atoms. The zero-order valence-electron chi connectivity index (χ0n) is 13.7. The molecule has 0 fully saturated rings. The van der Waals surface area contributed by atoms with Crippen LogP contribution < -0.4 is 5.32 Å². The Morgan fingerprint density at radius 1 is 1.29 bits per heavy atom. The predicted octanol–water partition coefficient (Wildman–Crippen LogP) is 4.08. The molecule has 0 unspecified atom stereocenters. The number of benzene rings is 1. The molecule has 2 amide bonds. The fourth-order valence-electron chi connectivity index (χ4n) is 3.08. The first-order valence-electron chi connectivity index (χ1n) is 7.96. The summed E-state index contributed by atoms with van der Waals surface area (Å²) in [6.07, 6.45) is 1.79. The molecule has 1 aromatic carbocycles. The van der Waals surface area contributed by atoms with E-state index < -0.39 is 0 Å². The summed E-state index contributed by atoms with van der Waals surface area (Å²) in [5.74, 6) is -0.389. The Kier molecular flexibility index (Phi) is 4.85. The van der Waals surface area contributed by atoms with E-state index in [-0.39, 0.29) is 18.0 Å². The highest BCUT2D eigenvalue weighted by atomic mass is 32.1. The quantitative estimate of drug-likeness (QED) is 0.854. The smallest absolute Gasteiger partial charge is 0.337 e. The molecule has 1 aliphatic rings. The summed E-state index contributed by atoms with van der Waals surface area (Å²) in [5, 5.41) is 5.02. The molecular weight excluding hydrogens is 324 g/mol. The number of rotatable bonds is 3. The predicted molar refractivity (Wildman–Crippen MR) is 94.6 cm³/mol. The van der Waals surface area contributed by atoms with E-state index in [9.17, 15) is 9.59 Å². The molecule has 2 aromatic rings. The number of amides is 2. The van der Waals surface area contributed by atoms with Gasteiger partial charge in [-0.25, -0.2) is 9.59 Å². The van der Waals surface area contributed by atoms with E-state index >= 15 is 0 Å². The van der Waals surface area contributed by atoms with Crippen molar-refractivity contribution in [1.29, 1.82) is 0 Å². The van der Waals surface area contributed by atoms with Gasteiger partial charge in [0, 0.05) is 17.1 Å². The van der Waals surface area contributed by atoms with Gasteiger partial charge in [0.2, 0.25) is 0 Å². The zero-order chi connectivity index (χ0) is 17.1. The number of carbonyl (C=O) groups excluding carboxylic acids is 2. The summed E-state index contributed by atoms with van der Waals surface area (Å²) < 4.78 is 4.67. The Labute approximate surface area is 145 Å². The first-order valence-corrected chi connectivity index (χ1v) is 8.84. The van der Waals surface area contributed by atoms with Crippen LogP contribution in [0.2, 0.25) is 0 Å². The summed E-state index contributed by atoms with van der Waals surface area (Å²) in [4.78, 5) is 27.4. The van der Waals surface area contributed by atoms with Crippen LogP contribution in [0.1, 0.15) is 40.2 Å². The van der Waals surface area contributed by atoms with Gasteiger partial charge in [0.05, 0.1) is 18.7 Å². The molecule has 0 saturated heterocycles. The third-order valence-electron chi connectivity index (χ3n) is 4.30. The van der Waals surface area contributed by atoms with Crippen molar-refractivity contribution in [1.82, 2.24) is 4.90 Å². The van der Waals surface area contributed by atoms with Crippen molar-refractivity contribution >= 4 is 29.0 Å². The van der Waals surface area contributed by atoms with Gasteiger partial charge in [0.15, 0.2) is 0 Å². The number of methoxy groups -OCH3 is 1. The van der Waals surface area contributed by atoms with Crippen LogP contribution in [0.3, 0.4) is 0 Å². The van der Waals surface area contributed by atoms with E-state index in [4.69, 9.17) is 0 Å². The third kappa shape index (κ3) is 3.14. The minimum absolute atomic E-state index is 0.107. The monoisotopic (exact) mass is 344 g/mol. The SMILES string of the molecule is CC[C@H]1c2ccsc2CCN1C(=O)Nc1ccc(C(=O)OC)cc1. The van der Waals surface area contributed by atoms with E-state index in [2.05, 4.69) is 28.4 Å². The summed E-state index contributed by atoms with van der Waals surface area (Å²) >= 11 is 1.77. The van der Waals surface area contributed by atoms with E-state index in [1.807, 2.05) is 4.90 Å². The largest absolute Gasteiger partial charge is 0.465 e. The molecule has 1 aliphatic heterocycles. The molecule has 0 saturated carbocycles. The zero-order valence-corrected chi connectivity index (χ0v) is 14.6. The average molecular weight is 344 g/mol. The van der Waals surface area contributed by atoms with Crippen LogP contribution in [0.25, 0.3) is 0 Å². The maximum atomic E-state index is 12.7. The Morgan fingerprint density at radius 2 is 2.04 bits per heavy atom. The number of hydrogen-bond acceptors (Lipinski definition) is 4. The lowest BCUT2D eigenvalue weighted by atomic mass is 9.98. The molecule has 2 heterocycles. The molecular formula is C18H20N2O3S. The Hall–Kier alpha value is -2.34. The van der Waals surface area contributed by atoms with Crippen LogP contribution in [0.15, 0.2) is 35.7 Å². The highest BCUT2D eigenvalue weighted by Gasteiger charge is 2.30. The second kappa shape index (κ2) is 7.05. The molecule has 0 spiro atoms. The van der Waals surface area contributed by atoms with Gasteiger partial charge in [-0.15, -0.1) is 11.3 Å². The van der Waals surface area contributed by atoms with Crippen molar-refractivity contribution < 1.29 is 14.3 Å². The number of fused-ring (bicyclic) bond motifs is 1. The second-order valence-electron chi connectivity index (χ2n) is 5.67. The van der Waals surface area contributed by atoms with Crippen LogP contribution >= 0.6 is 11.3 Å². The van der Waals surface area contributed by atoms with Crippen LogP contribution in [-0.4, -0.2) is 30.6 Å². The van der Waals surface area contributed by atoms with Crippen molar-refractivity contribution in [3.8, 4) is 0 Å². The maximum Gasteiger partial charge on any atom is 0.337 e. The molecule has 126 valence electrons. The minimum atomic E-state index is -0.389. The molecule has 0 aliphatic carbocycles. The molecule has 3 rings (SSSR count). The Balaban J connectivity index is 1.72. The number of thiophene rings is 1. The van der Waals surface area contributed by atoms with Gasteiger partial charge in [0.1, 0.15) is 0 Å². The van der Waals surface area contributed by atoms with Crippen molar-refractivity contribution in [2.75, 3.05) is 19.0 Å². The van der Waals surface area contributed by atoms with Gasteiger partial charge in [-0.3, -0.25) is 0 Å². The number of urea groups is 1. The fourth-order valence-corrected chi connectivity index (χ4v) is 4.01. The van der Waals surface area contributed by atoms with Crippen molar-refractivity contribution in [2.24, 2.45) is 0 Å². The standard InChI is InChI=1S/C18H20N2O3S/c1-3-15-14-9-11-24-16(14)8-10-20(15)18(22)19-13-6-4-12(5-7-13)17(21)23-2/h4-7,9,11,15H,3,8,10H2,1-2H3,(H,19,22)/t15-/m0/s1. The Morgan fingerprint density at radius 3 is 2.71 bits per heavy atom. The minimum Gasteiger partial charge on any atom is -0.465 e. The van der Waals surface area contributed by atoms with Gasteiger partial charge in [-0.1, -0.05) is 6.92 Å². The van der Waals surface area contributed by atoms with Gasteiger partial charge in [0.25, 0.3) is 0 Å². The summed E-state index contributed by atoms with van der Waals surface area (Å²) in [6.45, 7) is 2.82. The molecule has 1 aromatic heterocycles. The number of anilines is 1. The number of nitrogens with zero attached hydrogens (tertiary/aromatic N) is 1. The number of ether oxygens (including phenoxy) is 1. The molecule has 1 N–H and O–H groups in total. The lowest BCUT2D eigenvalue weighted by molar-refractivity contribution is 0.0601. The van der Waals surface area contributed by atoms with Crippen LogP contribution in [0, 0.1) is 0 Å². The van der Waals surface area contributed by atoms with Crippen LogP contribution in [-0.2, 0) is 11.2 Å². The highest BCUT2D eigenvalue weighted by molar-refractivity contribution is 7.10. The topological polar surface area (TPSA) is 58.6 Å². The van der Waals surface area contributed by atoms with Crippen LogP contribution in [0.4, 0.5) is 10.5 Å². The van der Waals surface area contributed by atoms with Gasteiger partial charge in [-0.05, 0) is 54.1 Å². The third-order valence-corrected chi connectivity index (χ3v) is 5.30. The molecule has 6 heteroatoms. The van der Waals surface area contributed by atoms with E-state index in [1.165, 1.54) is 17.6 Å². The average Bonchev–Trinajstić information content (AvgIpc) is 3.09. The molecule has 0 radical (unpaired) electrons. The van der Waals surface area contributed by atoms with E-state index in [0.29, 0.717) is 11.3 Å². The van der Waals surface area contributed by atoms with E-state index in [1.54, 1.807) is 35.6 Å². The molecule has 24 heavy (non-hydrogen) atoms. The number of esters is 1. The number of nitrogens with one attached hydrogen (secondary N) is 1. The van der Waals surface area contributed by atoms with Gasteiger partial charge in [-0.2, -0.15) is 0 Å². The van der Waals surface area contributed by atoms with Crippen molar-refractivity contribution in [3.63, 3.8) is 0 Å². The van der Waals surface area contributed by atoms with Gasteiger partial charge < -0.3 is 15.0 Å². The first-order chi connectivity index (χ1) is 11.6. The van der Waals surface area contributed by atoms with Crippen molar-refractivity contribution in [2.45, 2.75) is 25.8 Å². The normalized spacial score (nSPS) is 16.4. The van der Waals surface area contributed by atoms with Crippen LogP contribution in [0.5, 0.6) is 0 Å². The fraction of sp³-hybridized carbons (Fsp3) is 0.333. The van der Waals surface area contributed by atoms with Crippen molar-refractivity contribution in [3.05, 3.63) is 51.7 Å². The van der Waals surface area contributed by atoms with Gasteiger partial charge >= 0.3 is 12.0 Å². The number of hydrogen-bond donors (Lipinski definition) is 1. The molecule has 5 nitrogen and oxygen atoms in total. The Bertz CT molecular complexity index is 739. The highest BCUT2D eigenvalue weighted by Crippen LogP contribution is 2.35. The molecule has 1 atom stereocenters. The maximum absolute atomic E-state index is 12.7. The van der Waals surface area contributed by atoms with E-state index in [0.717, 1.165) is 19.4 Å².